The second-order valence-corrected chi connectivity index (χ2v) is 3.79. The zero-order chi connectivity index (χ0) is 12.1. The number of nitrogens with one attached hydrogen (secondary N) is 1. The first kappa shape index (κ1) is 12.5. The van der Waals surface area contributed by atoms with Crippen molar-refractivity contribution in [3.8, 4) is 0 Å². The number of hydrogen-bond acceptors (Lipinski definition) is 1. The van der Waals surface area contributed by atoms with Crippen LogP contribution in [0.3, 0.4) is 0 Å². The maximum absolute atomic E-state index is 11.2. The summed E-state index contributed by atoms with van der Waals surface area (Å²) >= 11 is 0. The van der Waals surface area contributed by atoms with Gasteiger partial charge in [0.15, 0.2) is 0 Å². The minimum atomic E-state index is -0.0365. The highest BCUT2D eigenvalue weighted by Crippen LogP contribution is 2.21. The molecule has 1 aromatic heterocycles. The number of aromatic nitrogens is 1. The molecule has 0 saturated heterocycles. The van der Waals surface area contributed by atoms with Crippen LogP contribution in [0.1, 0.15) is 39.2 Å². The first-order valence-corrected chi connectivity index (χ1v) is 5.80. The molecule has 0 fully saturated rings. The Morgan fingerprint density at radius 3 is 2.38 bits per heavy atom. The molecule has 2 aromatic rings. The predicted octanol–water partition coefficient (Wildman–Crippen LogP) is 3.68. The summed E-state index contributed by atoms with van der Waals surface area (Å²) in [5, 5.41) is 1.09. The van der Waals surface area contributed by atoms with E-state index < -0.39 is 0 Å². The van der Waals surface area contributed by atoms with Gasteiger partial charge in [-0.25, -0.2) is 0 Å². The molecule has 86 valence electrons. The highest BCUT2D eigenvalue weighted by atomic mass is 16.1. The summed E-state index contributed by atoms with van der Waals surface area (Å²) in [5.41, 5.74) is 2.13. The van der Waals surface area contributed by atoms with Gasteiger partial charge < -0.3 is 4.98 Å². The van der Waals surface area contributed by atoms with E-state index in [1.807, 2.05) is 32.0 Å². The van der Waals surface area contributed by atoms with Gasteiger partial charge in [0, 0.05) is 6.07 Å². The second-order valence-electron chi connectivity index (χ2n) is 3.79. The zero-order valence-electron chi connectivity index (χ0n) is 10.4. The zero-order valence-corrected chi connectivity index (χ0v) is 10.4. The van der Waals surface area contributed by atoms with Crippen LogP contribution in [0.4, 0.5) is 0 Å². The summed E-state index contributed by atoms with van der Waals surface area (Å²) in [7, 11) is 0. The lowest BCUT2D eigenvalue weighted by atomic mass is 10.00. The number of para-hydroxylation sites is 1. The van der Waals surface area contributed by atoms with Crippen LogP contribution < -0.4 is 5.56 Å². The van der Waals surface area contributed by atoms with E-state index in [1.54, 1.807) is 6.07 Å². The van der Waals surface area contributed by atoms with E-state index >= 15 is 0 Å². The van der Waals surface area contributed by atoms with Crippen LogP contribution in [0.15, 0.2) is 35.1 Å². The third-order valence-corrected chi connectivity index (χ3v) is 2.41. The molecular formula is C14H19NO. The van der Waals surface area contributed by atoms with Crippen molar-refractivity contribution >= 4 is 10.9 Å². The summed E-state index contributed by atoms with van der Waals surface area (Å²) in [6.45, 7) is 8.25. The van der Waals surface area contributed by atoms with Crippen LogP contribution in [-0.4, -0.2) is 4.98 Å². The largest absolute Gasteiger partial charge is 0.322 e. The van der Waals surface area contributed by atoms with Crippen molar-refractivity contribution in [1.82, 2.24) is 4.98 Å². The van der Waals surface area contributed by atoms with E-state index in [4.69, 9.17) is 0 Å². The molecule has 1 aromatic carbocycles. The Balaban J connectivity index is 0.000000606. The molecular weight excluding hydrogens is 198 g/mol. The molecule has 0 atom stereocenters. The van der Waals surface area contributed by atoms with Crippen LogP contribution in [0, 0.1) is 0 Å². The molecule has 0 amide bonds. The average molecular weight is 217 g/mol. The third-order valence-electron chi connectivity index (χ3n) is 2.41. The van der Waals surface area contributed by atoms with Gasteiger partial charge in [-0.05, 0) is 22.9 Å². The molecule has 0 spiro atoms. The van der Waals surface area contributed by atoms with Gasteiger partial charge in [0.1, 0.15) is 0 Å². The SMILES string of the molecule is CC.CC(C)c1cccc2ccc(=O)[nH]c12. The Kier molecular flexibility index (Phi) is 4.29. The van der Waals surface area contributed by atoms with Crippen molar-refractivity contribution in [2.24, 2.45) is 0 Å². The number of fused-ring (bicyclic) bond motifs is 1. The molecule has 1 N–H and O–H groups in total. The summed E-state index contributed by atoms with van der Waals surface area (Å²) in [6, 6.07) is 9.52. The standard InChI is InChI=1S/C12H13NO.C2H6/c1-8(2)10-5-3-4-9-6-7-11(14)13-12(9)10;1-2/h3-8H,1-2H3,(H,13,14);1-2H3. The van der Waals surface area contributed by atoms with Crippen LogP contribution in [-0.2, 0) is 0 Å². The van der Waals surface area contributed by atoms with Crippen LogP contribution >= 0.6 is 0 Å². The molecule has 2 heteroatoms. The van der Waals surface area contributed by atoms with Crippen molar-refractivity contribution in [2.75, 3.05) is 0 Å². The van der Waals surface area contributed by atoms with Gasteiger partial charge in [-0.1, -0.05) is 45.9 Å². The van der Waals surface area contributed by atoms with Gasteiger partial charge in [0.05, 0.1) is 5.52 Å². The van der Waals surface area contributed by atoms with Crippen molar-refractivity contribution in [1.29, 1.82) is 0 Å². The Morgan fingerprint density at radius 2 is 1.75 bits per heavy atom. The number of H-pyrrole nitrogens is 1. The summed E-state index contributed by atoms with van der Waals surface area (Å²) < 4.78 is 0. The molecule has 1 heterocycles. The van der Waals surface area contributed by atoms with Gasteiger partial charge in [-0.3, -0.25) is 4.79 Å². The first-order valence-electron chi connectivity index (χ1n) is 5.80. The molecule has 0 aliphatic rings. The van der Waals surface area contributed by atoms with E-state index in [0.29, 0.717) is 5.92 Å². The number of benzene rings is 1. The maximum atomic E-state index is 11.2. The fraction of sp³-hybridized carbons (Fsp3) is 0.357. The normalized spacial score (nSPS) is 10.1. The van der Waals surface area contributed by atoms with Crippen molar-refractivity contribution in [3.63, 3.8) is 0 Å². The fourth-order valence-corrected chi connectivity index (χ4v) is 1.68. The Hall–Kier alpha value is -1.57. The molecule has 0 bridgehead atoms. The lowest BCUT2D eigenvalue weighted by Crippen LogP contribution is -2.04. The van der Waals surface area contributed by atoms with Crippen LogP contribution in [0.25, 0.3) is 10.9 Å². The summed E-state index contributed by atoms with van der Waals surface area (Å²) in [6.07, 6.45) is 0. The number of hydrogen-bond donors (Lipinski definition) is 1. The molecule has 2 nitrogen and oxygen atoms in total. The van der Waals surface area contributed by atoms with E-state index in [9.17, 15) is 4.79 Å². The molecule has 2 rings (SSSR count). The number of aromatic amines is 1. The molecule has 0 aliphatic heterocycles. The molecule has 0 aliphatic carbocycles. The fourth-order valence-electron chi connectivity index (χ4n) is 1.68. The van der Waals surface area contributed by atoms with E-state index in [2.05, 4.69) is 24.9 Å². The topological polar surface area (TPSA) is 32.9 Å². The molecule has 0 saturated carbocycles. The minimum Gasteiger partial charge on any atom is -0.322 e. The first-order chi connectivity index (χ1) is 7.68. The summed E-state index contributed by atoms with van der Waals surface area (Å²) in [5.74, 6) is 0.428. The van der Waals surface area contributed by atoms with Gasteiger partial charge in [-0.2, -0.15) is 0 Å². The second kappa shape index (κ2) is 5.50. The monoisotopic (exact) mass is 217 g/mol. The van der Waals surface area contributed by atoms with Crippen LogP contribution in [0.5, 0.6) is 0 Å². The maximum Gasteiger partial charge on any atom is 0.248 e. The Labute approximate surface area is 96.3 Å². The van der Waals surface area contributed by atoms with Crippen molar-refractivity contribution < 1.29 is 0 Å². The lowest BCUT2D eigenvalue weighted by Gasteiger charge is -2.08. The van der Waals surface area contributed by atoms with Crippen molar-refractivity contribution in [2.45, 2.75) is 33.6 Å². The van der Waals surface area contributed by atoms with Gasteiger partial charge in [-0.15, -0.1) is 0 Å². The minimum absolute atomic E-state index is 0.0365. The van der Waals surface area contributed by atoms with Crippen LogP contribution in [0.2, 0.25) is 0 Å². The van der Waals surface area contributed by atoms with E-state index in [-0.39, 0.29) is 5.56 Å². The molecule has 16 heavy (non-hydrogen) atoms. The van der Waals surface area contributed by atoms with Gasteiger partial charge >= 0.3 is 0 Å². The highest BCUT2D eigenvalue weighted by Gasteiger charge is 2.04. The molecule has 0 unspecified atom stereocenters. The molecule has 0 radical (unpaired) electrons. The Morgan fingerprint density at radius 1 is 1.06 bits per heavy atom. The smallest absolute Gasteiger partial charge is 0.248 e. The Bertz CT molecular complexity index is 511. The van der Waals surface area contributed by atoms with Gasteiger partial charge in [0.25, 0.3) is 0 Å². The lowest BCUT2D eigenvalue weighted by molar-refractivity contribution is 0.872. The number of rotatable bonds is 1. The van der Waals surface area contributed by atoms with E-state index in [0.717, 1.165) is 10.9 Å². The van der Waals surface area contributed by atoms with Gasteiger partial charge in [0.2, 0.25) is 5.56 Å². The van der Waals surface area contributed by atoms with E-state index in [1.165, 1.54) is 5.56 Å². The quantitative estimate of drug-likeness (QED) is 0.776. The number of pyridine rings is 1. The predicted molar refractivity (Wildman–Crippen MR) is 70.0 cm³/mol. The van der Waals surface area contributed by atoms with Crippen molar-refractivity contribution in [3.05, 3.63) is 46.2 Å². The third kappa shape index (κ3) is 2.51. The average Bonchev–Trinajstić information content (AvgIpc) is 2.30. The summed E-state index contributed by atoms with van der Waals surface area (Å²) in [4.78, 5) is 14.1. The highest BCUT2D eigenvalue weighted by molar-refractivity contribution is 5.81.